The minimum Gasteiger partial charge on any atom is -0.302 e. The Labute approximate surface area is 246 Å². The predicted octanol–water partition coefficient (Wildman–Crippen LogP) is 6.70. The lowest BCUT2D eigenvalue weighted by molar-refractivity contribution is 0.138. The Bertz CT molecular complexity index is 1850. The van der Waals surface area contributed by atoms with Crippen molar-refractivity contribution in [2.45, 2.75) is 47.1 Å². The molecule has 0 saturated carbocycles. The van der Waals surface area contributed by atoms with E-state index >= 15 is 0 Å². The van der Waals surface area contributed by atoms with E-state index in [4.69, 9.17) is 20.0 Å². The number of aliphatic imine (C=N–C) groups is 4. The number of hydrogen-bond donors (Lipinski definition) is 2. The monoisotopic (exact) mass is 551 g/mol. The molecule has 0 saturated heterocycles. The number of nitrogens with zero attached hydrogens (tertiary/aromatic N) is 5. The van der Waals surface area contributed by atoms with Gasteiger partial charge in [-0.25, -0.2) is 20.0 Å². The number of benzene rings is 1. The number of rotatable bonds is 2. The highest BCUT2D eigenvalue weighted by molar-refractivity contribution is 6.33. The summed E-state index contributed by atoms with van der Waals surface area (Å²) in [7, 11) is 0. The van der Waals surface area contributed by atoms with Gasteiger partial charge in [0.05, 0.1) is 51.3 Å². The first-order chi connectivity index (χ1) is 20.2. The second-order valence-corrected chi connectivity index (χ2v) is 12.0. The second kappa shape index (κ2) is 9.60. The molecule has 2 N–H and O–H groups in total. The van der Waals surface area contributed by atoms with Crippen LogP contribution in [0.3, 0.4) is 0 Å². The smallest absolute Gasteiger partial charge is 0.0752 e. The Hall–Kier alpha value is -4.88. The second-order valence-electron chi connectivity index (χ2n) is 12.0. The van der Waals surface area contributed by atoms with E-state index in [0.29, 0.717) is 0 Å². The lowest BCUT2D eigenvalue weighted by Crippen LogP contribution is -2.47. The highest BCUT2D eigenvalue weighted by Gasteiger charge is 2.25. The van der Waals surface area contributed by atoms with Crippen LogP contribution in [0.2, 0.25) is 0 Å². The molecule has 7 heteroatoms. The number of hydrogen-bond acceptors (Lipinski definition) is 7. The molecule has 0 aliphatic carbocycles. The molecule has 208 valence electrons. The zero-order valence-electron chi connectivity index (χ0n) is 24.7. The highest BCUT2D eigenvalue weighted by atomic mass is 15.7. The SMILES string of the molecule is CC1=C2C=CC(=N2)C(C)=C2C=CC(=N2)C(c2ccc(C3=CN(C(C)(C)C)NN3)cc2)=C2C=CC(=N2)C(C)=C2C=CC1=N2. The van der Waals surface area contributed by atoms with E-state index in [9.17, 15) is 0 Å². The van der Waals surface area contributed by atoms with Gasteiger partial charge in [0.2, 0.25) is 0 Å². The summed E-state index contributed by atoms with van der Waals surface area (Å²) in [5.41, 5.74) is 21.1. The van der Waals surface area contributed by atoms with Crippen LogP contribution >= 0.6 is 0 Å². The Kier molecular flexibility index (Phi) is 5.95. The van der Waals surface area contributed by atoms with Crippen molar-refractivity contribution < 1.29 is 0 Å². The summed E-state index contributed by atoms with van der Waals surface area (Å²) in [4.78, 5) is 20.1. The van der Waals surface area contributed by atoms with Gasteiger partial charge in [-0.3, -0.25) is 5.01 Å². The van der Waals surface area contributed by atoms with Gasteiger partial charge in [0.1, 0.15) is 0 Å². The fourth-order valence-corrected chi connectivity index (χ4v) is 5.44. The molecule has 0 fully saturated rings. The van der Waals surface area contributed by atoms with Crippen LogP contribution in [-0.4, -0.2) is 33.4 Å². The number of allylic oxidation sites excluding steroid dienone is 12. The van der Waals surface area contributed by atoms with Crippen molar-refractivity contribution in [3.05, 3.63) is 130 Å². The lowest BCUT2D eigenvalue weighted by atomic mass is 9.97. The van der Waals surface area contributed by atoms with E-state index in [1.165, 1.54) is 0 Å². The van der Waals surface area contributed by atoms with Crippen molar-refractivity contribution in [1.29, 1.82) is 0 Å². The minimum absolute atomic E-state index is 0.0448. The zero-order valence-corrected chi connectivity index (χ0v) is 24.7. The summed E-state index contributed by atoms with van der Waals surface area (Å²) in [5.74, 6) is 0. The standard InChI is InChI=1S/C35H33N7/c1-20-25-11-13-27(36-25)21(2)29-15-17-31(38-29)34(32-18-16-30(39-32)22(3)28-14-12-26(20)37-28)24-9-7-23(8-10-24)33-19-42(41-40-33)35(4,5)6/h7-19,40-41H,1-6H3. The third-order valence-corrected chi connectivity index (χ3v) is 8.15. The lowest BCUT2D eigenvalue weighted by Gasteiger charge is -2.30. The third-order valence-electron chi connectivity index (χ3n) is 8.15. The fourth-order valence-electron chi connectivity index (χ4n) is 5.44. The van der Waals surface area contributed by atoms with E-state index in [2.05, 4.69) is 137 Å². The maximum absolute atomic E-state index is 5.11. The Morgan fingerprint density at radius 3 is 1.48 bits per heavy atom. The first-order valence-electron chi connectivity index (χ1n) is 14.2. The maximum atomic E-state index is 5.11. The van der Waals surface area contributed by atoms with Crippen LogP contribution < -0.4 is 11.0 Å². The highest BCUT2D eigenvalue weighted by Crippen LogP contribution is 2.33. The molecule has 42 heavy (non-hydrogen) atoms. The average molecular weight is 552 g/mol. The largest absolute Gasteiger partial charge is 0.302 e. The van der Waals surface area contributed by atoms with E-state index in [1.54, 1.807) is 0 Å². The summed E-state index contributed by atoms with van der Waals surface area (Å²) >= 11 is 0. The molecule has 7 rings (SSSR count). The van der Waals surface area contributed by atoms with Crippen molar-refractivity contribution >= 4 is 34.1 Å². The van der Waals surface area contributed by atoms with Crippen molar-refractivity contribution in [1.82, 2.24) is 16.0 Å². The molecule has 0 aromatic heterocycles. The Balaban J connectivity index is 1.36. The third kappa shape index (κ3) is 4.43. The minimum atomic E-state index is -0.0448. The molecule has 6 aliphatic rings. The first kappa shape index (κ1) is 26.0. The van der Waals surface area contributed by atoms with Gasteiger partial charge in [-0.2, -0.15) is 0 Å². The summed E-state index contributed by atoms with van der Waals surface area (Å²) in [6, 6.07) is 8.58. The van der Waals surface area contributed by atoms with Crippen molar-refractivity contribution in [2.24, 2.45) is 20.0 Å². The van der Waals surface area contributed by atoms with Gasteiger partial charge < -0.3 is 5.43 Å². The van der Waals surface area contributed by atoms with Gasteiger partial charge in [0.15, 0.2) is 0 Å². The van der Waals surface area contributed by atoms with Gasteiger partial charge in [0, 0.05) is 39.6 Å². The van der Waals surface area contributed by atoms with Gasteiger partial charge in [0.25, 0.3) is 0 Å². The van der Waals surface area contributed by atoms with Crippen LogP contribution in [0.15, 0.2) is 139 Å². The molecule has 6 aliphatic heterocycles. The topological polar surface area (TPSA) is 76.7 Å². The number of fused-ring (bicyclic) bond motifs is 4. The Morgan fingerprint density at radius 1 is 0.548 bits per heavy atom. The van der Waals surface area contributed by atoms with Gasteiger partial charge in [-0.15, -0.1) is 5.53 Å². The summed E-state index contributed by atoms with van der Waals surface area (Å²) < 4.78 is 0. The molecule has 1 aromatic rings. The molecule has 6 heterocycles. The van der Waals surface area contributed by atoms with Crippen molar-refractivity contribution in [3.63, 3.8) is 0 Å². The molecule has 0 spiro atoms. The summed E-state index contributed by atoms with van der Waals surface area (Å²) in [5, 5.41) is 2.07. The molecule has 1 aromatic carbocycles. The van der Waals surface area contributed by atoms with E-state index in [0.717, 1.165) is 84.8 Å². The van der Waals surface area contributed by atoms with Crippen molar-refractivity contribution in [3.8, 4) is 0 Å². The van der Waals surface area contributed by atoms with Gasteiger partial charge in [-0.1, -0.05) is 24.3 Å². The average Bonchev–Trinajstić information content (AvgIpc) is 3.81. The first-order valence-corrected chi connectivity index (χ1v) is 14.2. The van der Waals surface area contributed by atoms with E-state index in [-0.39, 0.29) is 5.54 Å². The van der Waals surface area contributed by atoms with Gasteiger partial charge in [-0.05, 0) is 95.7 Å². The zero-order chi connectivity index (χ0) is 29.2. The van der Waals surface area contributed by atoms with Crippen LogP contribution in [-0.2, 0) is 0 Å². The summed E-state index contributed by atoms with van der Waals surface area (Å²) in [6.45, 7) is 12.7. The Morgan fingerprint density at radius 2 is 0.976 bits per heavy atom. The van der Waals surface area contributed by atoms with Crippen LogP contribution in [0, 0.1) is 0 Å². The van der Waals surface area contributed by atoms with Crippen LogP contribution in [0.1, 0.15) is 52.7 Å². The van der Waals surface area contributed by atoms with Crippen molar-refractivity contribution in [2.75, 3.05) is 0 Å². The molecule has 0 radical (unpaired) electrons. The molecular weight excluding hydrogens is 518 g/mol. The van der Waals surface area contributed by atoms with Crippen LogP contribution in [0.4, 0.5) is 0 Å². The number of hydrazine groups is 2. The number of nitrogens with one attached hydrogen (secondary N) is 2. The normalized spacial score (nSPS) is 21.1. The van der Waals surface area contributed by atoms with E-state index in [1.807, 2.05) is 0 Å². The molecule has 7 nitrogen and oxygen atoms in total. The fraction of sp³-hybridized carbons (Fsp3) is 0.200. The maximum Gasteiger partial charge on any atom is 0.0752 e. The molecule has 0 atom stereocenters. The van der Waals surface area contributed by atoms with Crippen LogP contribution in [0.5, 0.6) is 0 Å². The quantitative estimate of drug-likeness (QED) is 0.430. The van der Waals surface area contributed by atoms with Gasteiger partial charge >= 0.3 is 0 Å². The van der Waals surface area contributed by atoms with E-state index < -0.39 is 0 Å². The molecule has 8 bridgehead atoms. The predicted molar refractivity (Wildman–Crippen MR) is 174 cm³/mol. The molecule has 0 amide bonds. The molecule has 0 unspecified atom stereocenters. The van der Waals surface area contributed by atoms with Crippen LogP contribution in [0.25, 0.3) is 11.3 Å². The molecular formula is C35H33N7. The summed E-state index contributed by atoms with van der Waals surface area (Å²) in [6.07, 6.45) is 18.7.